The number of likely N-dealkylation sites (N-methyl/N-ethyl adjacent to an activating group) is 1. The molecule has 25 heavy (non-hydrogen) atoms. The average molecular weight is 356 g/mol. The van der Waals surface area contributed by atoms with Crippen LogP contribution in [-0.2, 0) is 4.79 Å². The molecule has 2 atom stereocenters. The van der Waals surface area contributed by atoms with E-state index >= 15 is 0 Å². The summed E-state index contributed by atoms with van der Waals surface area (Å²) in [6.07, 6.45) is 0. The fraction of sp³-hybridized carbons (Fsp3) is 0.350. The monoisotopic (exact) mass is 356 g/mol. The molecule has 1 N–H and O–H groups in total. The average Bonchev–Trinajstić information content (AvgIpc) is 2.60. The minimum atomic E-state index is -0.794. The molecule has 132 valence electrons. The van der Waals surface area contributed by atoms with Gasteiger partial charge in [-0.3, -0.25) is 4.79 Å². The summed E-state index contributed by atoms with van der Waals surface area (Å²) in [6.45, 7) is 4.79. The van der Waals surface area contributed by atoms with Crippen LogP contribution in [0, 0.1) is 0 Å². The van der Waals surface area contributed by atoms with Crippen LogP contribution in [0.15, 0.2) is 52.3 Å². The highest BCUT2D eigenvalue weighted by atomic mass is 32.2. The topological polar surface area (TPSA) is 43.8 Å². The maximum Gasteiger partial charge on any atom is 0.310 e. The molecule has 0 fully saturated rings. The lowest BCUT2D eigenvalue weighted by molar-refractivity contribution is -0.138. The molecule has 4 nitrogen and oxygen atoms in total. The van der Waals surface area contributed by atoms with E-state index in [2.05, 4.69) is 61.2 Å². The van der Waals surface area contributed by atoms with Gasteiger partial charge in [-0.15, -0.1) is 0 Å². The zero-order valence-corrected chi connectivity index (χ0v) is 15.9. The Labute approximate surface area is 153 Å². The van der Waals surface area contributed by atoms with Gasteiger partial charge in [0.2, 0.25) is 0 Å². The smallest absolute Gasteiger partial charge is 0.310 e. The molecule has 1 aliphatic heterocycles. The molecule has 2 unspecified atom stereocenters. The first kappa shape index (κ1) is 17.8. The number of hydrogen-bond acceptors (Lipinski definition) is 4. The van der Waals surface area contributed by atoms with E-state index in [1.54, 1.807) is 18.7 Å². The van der Waals surface area contributed by atoms with Crippen molar-refractivity contribution >= 4 is 29.1 Å². The number of carbonyl (C=O) groups is 1. The lowest BCUT2D eigenvalue weighted by Crippen LogP contribution is -2.37. The first-order valence-corrected chi connectivity index (χ1v) is 9.27. The molecule has 1 heterocycles. The minimum absolute atomic E-state index is 0.365. The van der Waals surface area contributed by atoms with Crippen molar-refractivity contribution in [2.75, 3.05) is 25.5 Å². The number of rotatable bonds is 5. The van der Waals surface area contributed by atoms with Crippen molar-refractivity contribution in [2.45, 2.75) is 35.6 Å². The van der Waals surface area contributed by atoms with Gasteiger partial charge in [0, 0.05) is 22.4 Å². The van der Waals surface area contributed by atoms with Crippen LogP contribution in [0.5, 0.6) is 0 Å². The molecule has 0 saturated heterocycles. The Balaban J connectivity index is 2.07. The van der Waals surface area contributed by atoms with Gasteiger partial charge in [-0.25, -0.2) is 0 Å². The summed E-state index contributed by atoms with van der Waals surface area (Å²) in [4.78, 5) is 18.3. The molecule has 1 aliphatic rings. The van der Waals surface area contributed by atoms with Crippen molar-refractivity contribution in [3.8, 4) is 0 Å². The van der Waals surface area contributed by atoms with Gasteiger partial charge >= 0.3 is 5.97 Å². The molecular weight excluding hydrogens is 332 g/mol. The van der Waals surface area contributed by atoms with Crippen molar-refractivity contribution in [2.24, 2.45) is 0 Å². The number of hydrogen-bond donors (Lipinski definition) is 1. The SMILES string of the molecule is CC(C(=O)O)c1ccc2c(c1)N(CC(C)N(C)C)c1ccccc1S2. The summed E-state index contributed by atoms with van der Waals surface area (Å²) in [5.41, 5.74) is 3.13. The van der Waals surface area contributed by atoms with E-state index in [1.807, 2.05) is 12.1 Å². The maximum absolute atomic E-state index is 11.4. The molecule has 0 radical (unpaired) electrons. The van der Waals surface area contributed by atoms with Crippen LogP contribution in [0.4, 0.5) is 11.4 Å². The molecule has 0 bridgehead atoms. The number of benzene rings is 2. The number of nitrogens with zero attached hydrogens (tertiary/aromatic N) is 2. The van der Waals surface area contributed by atoms with E-state index in [1.165, 1.54) is 15.5 Å². The van der Waals surface area contributed by atoms with Gasteiger partial charge in [-0.05, 0) is 57.8 Å². The number of aliphatic carboxylic acids is 1. The highest BCUT2D eigenvalue weighted by Gasteiger charge is 2.26. The number of fused-ring (bicyclic) bond motifs is 2. The van der Waals surface area contributed by atoms with E-state index in [9.17, 15) is 9.90 Å². The molecular formula is C20H24N2O2S. The molecule has 0 saturated carbocycles. The predicted octanol–water partition coefficient (Wildman–Crippen LogP) is 4.43. The van der Waals surface area contributed by atoms with Crippen LogP contribution in [0.25, 0.3) is 0 Å². The number of anilines is 2. The van der Waals surface area contributed by atoms with E-state index in [4.69, 9.17) is 0 Å². The van der Waals surface area contributed by atoms with Gasteiger partial charge in [0.25, 0.3) is 0 Å². The largest absolute Gasteiger partial charge is 0.481 e. The van der Waals surface area contributed by atoms with Crippen LogP contribution >= 0.6 is 11.8 Å². The first-order chi connectivity index (χ1) is 11.9. The zero-order valence-electron chi connectivity index (χ0n) is 15.1. The standard InChI is InChI=1S/C20H24N2O2S/c1-13(21(3)4)12-22-16-7-5-6-8-18(16)25-19-10-9-15(11-17(19)22)14(2)20(23)24/h5-11,13-14H,12H2,1-4H3,(H,23,24). The molecule has 0 spiro atoms. The Morgan fingerprint density at radius 3 is 2.48 bits per heavy atom. The third kappa shape index (κ3) is 3.53. The normalized spacial score (nSPS) is 15.5. The van der Waals surface area contributed by atoms with Crippen LogP contribution in [0.1, 0.15) is 25.3 Å². The summed E-state index contributed by atoms with van der Waals surface area (Å²) in [5.74, 6) is -1.31. The first-order valence-electron chi connectivity index (χ1n) is 8.46. The maximum atomic E-state index is 11.4. The van der Waals surface area contributed by atoms with E-state index in [-0.39, 0.29) is 0 Å². The van der Waals surface area contributed by atoms with Gasteiger partial charge in [-0.1, -0.05) is 30.0 Å². The molecule has 0 aromatic heterocycles. The second-order valence-corrected chi connectivity index (χ2v) is 7.86. The number of carboxylic acid groups (broad SMARTS) is 1. The quantitative estimate of drug-likeness (QED) is 0.859. The Bertz CT molecular complexity index is 791. The van der Waals surface area contributed by atoms with Crippen molar-refractivity contribution in [3.05, 3.63) is 48.0 Å². The van der Waals surface area contributed by atoms with Crippen molar-refractivity contribution < 1.29 is 9.90 Å². The molecule has 2 aromatic rings. The Morgan fingerprint density at radius 2 is 1.80 bits per heavy atom. The lowest BCUT2D eigenvalue weighted by atomic mass is 10.00. The predicted molar refractivity (Wildman–Crippen MR) is 103 cm³/mol. The second kappa shape index (κ2) is 7.10. The summed E-state index contributed by atoms with van der Waals surface area (Å²) in [7, 11) is 4.16. The molecule has 3 rings (SSSR count). The molecule has 0 aliphatic carbocycles. The van der Waals surface area contributed by atoms with Gasteiger partial charge < -0.3 is 14.9 Å². The summed E-state index contributed by atoms with van der Waals surface area (Å²) in [6, 6.07) is 14.8. The summed E-state index contributed by atoms with van der Waals surface area (Å²) < 4.78 is 0. The zero-order chi connectivity index (χ0) is 18.1. The number of para-hydroxylation sites is 1. The van der Waals surface area contributed by atoms with Gasteiger partial charge in [0.1, 0.15) is 0 Å². The lowest BCUT2D eigenvalue weighted by Gasteiger charge is -2.36. The van der Waals surface area contributed by atoms with E-state index < -0.39 is 11.9 Å². The third-order valence-corrected chi connectivity index (χ3v) is 5.98. The van der Waals surface area contributed by atoms with Crippen LogP contribution in [-0.4, -0.2) is 42.7 Å². The Hall–Kier alpha value is -1.98. The van der Waals surface area contributed by atoms with Crippen molar-refractivity contribution in [1.82, 2.24) is 4.90 Å². The third-order valence-electron chi connectivity index (χ3n) is 4.85. The fourth-order valence-electron chi connectivity index (χ4n) is 2.88. The van der Waals surface area contributed by atoms with E-state index in [0.29, 0.717) is 6.04 Å². The van der Waals surface area contributed by atoms with Crippen molar-refractivity contribution in [1.29, 1.82) is 0 Å². The molecule has 0 amide bonds. The second-order valence-electron chi connectivity index (χ2n) is 6.78. The highest BCUT2D eigenvalue weighted by Crippen LogP contribution is 2.48. The highest BCUT2D eigenvalue weighted by molar-refractivity contribution is 7.99. The summed E-state index contributed by atoms with van der Waals surface area (Å²) >= 11 is 1.75. The van der Waals surface area contributed by atoms with Crippen LogP contribution < -0.4 is 4.90 Å². The van der Waals surface area contributed by atoms with Gasteiger partial charge in [-0.2, -0.15) is 0 Å². The number of carboxylic acids is 1. The molecule has 2 aromatic carbocycles. The summed E-state index contributed by atoms with van der Waals surface area (Å²) in [5, 5.41) is 9.36. The Kier molecular flexibility index (Phi) is 5.06. The van der Waals surface area contributed by atoms with Crippen LogP contribution in [0.3, 0.4) is 0 Å². The molecule has 5 heteroatoms. The van der Waals surface area contributed by atoms with E-state index in [0.717, 1.165) is 17.8 Å². The van der Waals surface area contributed by atoms with Crippen molar-refractivity contribution in [3.63, 3.8) is 0 Å². The van der Waals surface area contributed by atoms with Crippen LogP contribution in [0.2, 0.25) is 0 Å². The van der Waals surface area contributed by atoms with Gasteiger partial charge in [0.15, 0.2) is 0 Å². The van der Waals surface area contributed by atoms with Gasteiger partial charge in [0.05, 0.1) is 17.3 Å². The minimum Gasteiger partial charge on any atom is -0.481 e. The fourth-order valence-corrected chi connectivity index (χ4v) is 3.96. The Morgan fingerprint density at radius 1 is 1.12 bits per heavy atom.